The summed E-state index contributed by atoms with van der Waals surface area (Å²) in [5, 5.41) is 3.70. The van der Waals surface area contributed by atoms with Crippen LogP contribution in [-0.4, -0.2) is 57.1 Å². The topological polar surface area (TPSA) is 96.0 Å². The third kappa shape index (κ3) is 7.30. The predicted octanol–water partition coefficient (Wildman–Crippen LogP) is 4.55. The molecule has 1 atom stereocenters. The first kappa shape index (κ1) is 29.1. The van der Waals surface area contributed by atoms with Crippen LogP contribution in [0.25, 0.3) is 0 Å². The second-order valence-electron chi connectivity index (χ2n) is 9.33. The van der Waals surface area contributed by atoms with Crippen LogP contribution in [0, 0.1) is 6.92 Å². The smallest absolute Gasteiger partial charge is 0.244 e. The van der Waals surface area contributed by atoms with Crippen LogP contribution in [0.4, 0.5) is 5.69 Å². The van der Waals surface area contributed by atoms with Gasteiger partial charge in [-0.1, -0.05) is 48.2 Å². The van der Waals surface area contributed by atoms with Gasteiger partial charge in [0.1, 0.15) is 18.3 Å². The van der Waals surface area contributed by atoms with Gasteiger partial charge in [0.05, 0.1) is 19.1 Å². The van der Waals surface area contributed by atoms with Crippen molar-refractivity contribution in [3.8, 4) is 5.75 Å². The fourth-order valence-corrected chi connectivity index (χ4v) is 5.78. The minimum atomic E-state index is -3.90. The van der Waals surface area contributed by atoms with Gasteiger partial charge in [-0.05, 0) is 56.5 Å². The van der Waals surface area contributed by atoms with Crippen LogP contribution in [0.2, 0.25) is 10.0 Å². The van der Waals surface area contributed by atoms with E-state index < -0.39 is 28.5 Å². The van der Waals surface area contributed by atoms with Gasteiger partial charge in [0.15, 0.2) is 0 Å². The summed E-state index contributed by atoms with van der Waals surface area (Å²) in [4.78, 5) is 28.3. The van der Waals surface area contributed by atoms with Crippen molar-refractivity contribution in [2.24, 2.45) is 0 Å². The van der Waals surface area contributed by atoms with Crippen molar-refractivity contribution in [3.63, 3.8) is 0 Å². The van der Waals surface area contributed by atoms with Crippen LogP contribution in [0.15, 0.2) is 36.4 Å². The van der Waals surface area contributed by atoms with E-state index in [0.717, 1.165) is 41.8 Å². The fourth-order valence-electron chi connectivity index (χ4n) is 4.42. The van der Waals surface area contributed by atoms with E-state index in [2.05, 4.69) is 5.32 Å². The summed E-state index contributed by atoms with van der Waals surface area (Å²) in [6.07, 6.45) is 4.88. The number of benzene rings is 2. The molecule has 1 aliphatic rings. The Balaban J connectivity index is 1.97. The molecule has 2 amide bonds. The lowest BCUT2D eigenvalue weighted by molar-refractivity contribution is -0.139. The number of carbonyl (C=O) groups excluding carboxylic acids is 2. The summed E-state index contributed by atoms with van der Waals surface area (Å²) in [5.41, 5.74) is 1.50. The van der Waals surface area contributed by atoms with Crippen molar-refractivity contribution >= 4 is 50.7 Å². The van der Waals surface area contributed by atoms with E-state index >= 15 is 0 Å². The molecule has 1 fully saturated rings. The standard InChI is InChI=1S/C26H33Cl2N3O5S/c1-17-12-13-24(36-3)23(14-17)31(37(4,34)35)16-25(32)30(15-20-21(27)10-7-11-22(20)28)18(2)26(33)29-19-8-5-6-9-19/h7,10-14,18-19H,5-6,8-9,15-16H2,1-4H3,(H,29,33). The number of nitrogens with zero attached hydrogens (tertiary/aromatic N) is 2. The average molecular weight is 571 g/mol. The third-order valence-electron chi connectivity index (χ3n) is 6.54. The third-order valence-corrected chi connectivity index (χ3v) is 8.38. The number of rotatable bonds is 10. The Kier molecular flexibility index (Phi) is 9.72. The highest BCUT2D eigenvalue weighted by Gasteiger charge is 2.33. The molecule has 0 aromatic heterocycles. The van der Waals surface area contributed by atoms with Crippen LogP contribution in [-0.2, 0) is 26.2 Å². The molecule has 8 nitrogen and oxygen atoms in total. The zero-order chi connectivity index (χ0) is 27.3. The van der Waals surface area contributed by atoms with Crippen LogP contribution < -0.4 is 14.4 Å². The Labute approximate surface area is 228 Å². The number of hydrogen-bond donors (Lipinski definition) is 1. The normalized spacial score (nSPS) is 14.8. The second-order valence-corrected chi connectivity index (χ2v) is 12.1. The quantitative estimate of drug-likeness (QED) is 0.452. The minimum Gasteiger partial charge on any atom is -0.495 e. The summed E-state index contributed by atoms with van der Waals surface area (Å²) in [6, 6.07) is 9.20. The number of carbonyl (C=O) groups is 2. The van der Waals surface area contributed by atoms with Crippen LogP contribution in [0.5, 0.6) is 5.75 Å². The van der Waals surface area contributed by atoms with Gasteiger partial charge in [-0.25, -0.2) is 8.42 Å². The number of ether oxygens (including phenoxy) is 1. The lowest BCUT2D eigenvalue weighted by Crippen LogP contribution is -2.52. The molecule has 1 N–H and O–H groups in total. The van der Waals surface area contributed by atoms with Gasteiger partial charge in [-0.3, -0.25) is 13.9 Å². The molecule has 0 aliphatic heterocycles. The maximum absolute atomic E-state index is 13.8. The van der Waals surface area contributed by atoms with Gasteiger partial charge in [0.25, 0.3) is 0 Å². The summed E-state index contributed by atoms with van der Waals surface area (Å²) in [6.45, 7) is 2.82. The fraction of sp³-hybridized carbons (Fsp3) is 0.462. The monoisotopic (exact) mass is 569 g/mol. The highest BCUT2D eigenvalue weighted by Crippen LogP contribution is 2.32. The van der Waals surface area contributed by atoms with Crippen molar-refractivity contribution in [3.05, 3.63) is 57.6 Å². The lowest BCUT2D eigenvalue weighted by Gasteiger charge is -2.32. The van der Waals surface area contributed by atoms with E-state index in [0.29, 0.717) is 21.4 Å². The number of hydrogen-bond acceptors (Lipinski definition) is 5. The molecule has 0 bridgehead atoms. The van der Waals surface area contributed by atoms with Crippen molar-refractivity contribution in [1.82, 2.24) is 10.2 Å². The van der Waals surface area contributed by atoms with Crippen molar-refractivity contribution in [2.75, 3.05) is 24.2 Å². The summed E-state index contributed by atoms with van der Waals surface area (Å²) >= 11 is 12.8. The molecular weight excluding hydrogens is 537 g/mol. The van der Waals surface area contributed by atoms with Crippen molar-refractivity contribution in [1.29, 1.82) is 0 Å². The number of amides is 2. The molecule has 0 saturated heterocycles. The SMILES string of the molecule is COc1ccc(C)cc1N(CC(=O)N(Cc1c(Cl)cccc1Cl)C(C)C(=O)NC1CCCC1)S(C)(=O)=O. The second kappa shape index (κ2) is 12.4. The lowest BCUT2D eigenvalue weighted by atomic mass is 10.1. The largest absolute Gasteiger partial charge is 0.495 e. The predicted molar refractivity (Wildman–Crippen MR) is 147 cm³/mol. The van der Waals surface area contributed by atoms with Crippen molar-refractivity contribution < 1.29 is 22.7 Å². The molecule has 37 heavy (non-hydrogen) atoms. The minimum absolute atomic E-state index is 0.0554. The maximum Gasteiger partial charge on any atom is 0.244 e. The number of nitrogens with one attached hydrogen (secondary N) is 1. The molecule has 0 spiro atoms. The molecule has 2 aromatic rings. The van der Waals surface area contributed by atoms with E-state index in [1.807, 2.05) is 6.92 Å². The first-order valence-electron chi connectivity index (χ1n) is 12.1. The van der Waals surface area contributed by atoms with Gasteiger partial charge in [-0.15, -0.1) is 0 Å². The molecule has 0 radical (unpaired) electrons. The molecule has 0 heterocycles. The van der Waals surface area contributed by atoms with Crippen LogP contribution in [0.1, 0.15) is 43.7 Å². The molecular formula is C26H33Cl2N3O5S. The maximum atomic E-state index is 13.8. The Morgan fingerprint density at radius 2 is 1.76 bits per heavy atom. The Morgan fingerprint density at radius 3 is 2.32 bits per heavy atom. The zero-order valence-electron chi connectivity index (χ0n) is 21.5. The van der Waals surface area contributed by atoms with Gasteiger partial charge in [-0.2, -0.15) is 0 Å². The van der Waals surface area contributed by atoms with Gasteiger partial charge >= 0.3 is 0 Å². The summed E-state index contributed by atoms with van der Waals surface area (Å²) in [5.74, 6) is -0.599. The zero-order valence-corrected chi connectivity index (χ0v) is 23.8. The van der Waals surface area contributed by atoms with E-state index in [9.17, 15) is 18.0 Å². The van der Waals surface area contributed by atoms with E-state index in [1.54, 1.807) is 43.3 Å². The van der Waals surface area contributed by atoms with Crippen molar-refractivity contribution in [2.45, 2.75) is 58.2 Å². The molecule has 1 unspecified atom stereocenters. The number of halogens is 2. The molecule has 202 valence electrons. The summed E-state index contributed by atoms with van der Waals surface area (Å²) in [7, 11) is -2.47. The van der Waals surface area contributed by atoms with E-state index in [1.165, 1.54) is 12.0 Å². The summed E-state index contributed by atoms with van der Waals surface area (Å²) < 4.78 is 32.1. The molecule has 1 aliphatic carbocycles. The molecule has 2 aromatic carbocycles. The molecule has 1 saturated carbocycles. The Morgan fingerprint density at radius 1 is 1.14 bits per heavy atom. The highest BCUT2D eigenvalue weighted by molar-refractivity contribution is 7.92. The van der Waals surface area contributed by atoms with Gasteiger partial charge < -0.3 is 15.0 Å². The first-order chi connectivity index (χ1) is 17.4. The number of sulfonamides is 1. The molecule has 11 heteroatoms. The Bertz CT molecular complexity index is 1230. The number of methoxy groups -OCH3 is 1. The number of anilines is 1. The highest BCUT2D eigenvalue weighted by atomic mass is 35.5. The van der Waals surface area contributed by atoms with E-state index in [-0.39, 0.29) is 24.2 Å². The van der Waals surface area contributed by atoms with Gasteiger partial charge in [0, 0.05) is 28.2 Å². The van der Waals surface area contributed by atoms with Crippen LogP contribution >= 0.6 is 23.2 Å². The van der Waals surface area contributed by atoms with E-state index in [4.69, 9.17) is 27.9 Å². The molecule has 3 rings (SSSR count). The number of aryl methyl sites for hydroxylation is 1. The Hall–Kier alpha value is -2.49. The first-order valence-corrected chi connectivity index (χ1v) is 14.7. The van der Waals surface area contributed by atoms with Crippen LogP contribution in [0.3, 0.4) is 0 Å². The van der Waals surface area contributed by atoms with Gasteiger partial charge in [0.2, 0.25) is 21.8 Å². The average Bonchev–Trinajstić information content (AvgIpc) is 3.34.